The number of alkyl halides is 3. The number of carbonyl (C=O) groups excluding carboxylic acids is 1. The van der Waals surface area contributed by atoms with Crippen LogP contribution in [0.5, 0.6) is 5.88 Å². The van der Waals surface area contributed by atoms with Gasteiger partial charge in [-0.3, -0.25) is 14.8 Å². The molecular formula is C33H40F3N9O2. The molecule has 4 aromatic rings. The van der Waals surface area contributed by atoms with Gasteiger partial charge in [0.05, 0.1) is 24.0 Å². The first-order chi connectivity index (χ1) is 22.5. The molecule has 6 rings (SSSR count). The van der Waals surface area contributed by atoms with Crippen molar-refractivity contribution in [2.45, 2.75) is 76.7 Å². The van der Waals surface area contributed by atoms with Crippen LogP contribution in [0.2, 0.25) is 0 Å². The summed E-state index contributed by atoms with van der Waals surface area (Å²) < 4.78 is 47.7. The van der Waals surface area contributed by atoms with Crippen LogP contribution in [-0.4, -0.2) is 85.3 Å². The van der Waals surface area contributed by atoms with E-state index in [9.17, 15) is 18.0 Å². The predicted octanol–water partition coefficient (Wildman–Crippen LogP) is 4.73. The van der Waals surface area contributed by atoms with Gasteiger partial charge < -0.3 is 15.4 Å². The quantitative estimate of drug-likeness (QED) is 0.237. The molecule has 2 aliphatic rings. The lowest BCUT2D eigenvalue weighted by Gasteiger charge is -2.38. The van der Waals surface area contributed by atoms with Crippen molar-refractivity contribution in [1.82, 2.24) is 45.5 Å². The molecule has 0 radical (unpaired) electrons. The molecule has 3 N–H and O–H groups in total. The maximum absolute atomic E-state index is 13.3. The Labute approximate surface area is 271 Å². The standard InChI is InChI=1S/C33H40F3N9O2/c1-21-16-22(23-5-11-29(38-17-23)47-26-8-6-25(7-9-26)44-14-12-37-13-15-44)4-10-27(21)45-20-24(18-40-45)30(46)39-19-28-41-31(43-42-28)32(2,3)33(34,35)36/h4-5,10-11,16-18,20,25-26,37H,6-9,12-15,19H2,1-3H3,(H,39,46)(H,41,42,43). The van der Waals surface area contributed by atoms with Gasteiger partial charge >= 0.3 is 6.18 Å². The summed E-state index contributed by atoms with van der Waals surface area (Å²) in [6, 6.07) is 10.5. The number of ether oxygens (including phenoxy) is 1. The molecule has 1 saturated carbocycles. The van der Waals surface area contributed by atoms with Crippen LogP contribution in [0.15, 0.2) is 48.9 Å². The summed E-state index contributed by atoms with van der Waals surface area (Å²) in [5.74, 6) is -0.0735. The van der Waals surface area contributed by atoms with Gasteiger partial charge in [0.2, 0.25) is 5.88 Å². The Morgan fingerprint density at radius 3 is 2.47 bits per heavy atom. The zero-order valence-corrected chi connectivity index (χ0v) is 26.8. The minimum atomic E-state index is -4.51. The van der Waals surface area contributed by atoms with Gasteiger partial charge in [-0.25, -0.2) is 14.6 Å². The zero-order chi connectivity index (χ0) is 33.2. The van der Waals surface area contributed by atoms with Crippen molar-refractivity contribution < 1.29 is 22.7 Å². The second kappa shape index (κ2) is 13.4. The summed E-state index contributed by atoms with van der Waals surface area (Å²) >= 11 is 0. The molecule has 1 saturated heterocycles. The lowest BCUT2D eigenvalue weighted by Crippen LogP contribution is -2.49. The van der Waals surface area contributed by atoms with Crippen molar-refractivity contribution in [3.05, 3.63) is 71.7 Å². The highest BCUT2D eigenvalue weighted by Gasteiger charge is 2.51. The van der Waals surface area contributed by atoms with Gasteiger partial charge in [0.25, 0.3) is 5.91 Å². The van der Waals surface area contributed by atoms with E-state index in [4.69, 9.17) is 4.74 Å². The average Bonchev–Trinajstić information content (AvgIpc) is 3.75. The summed E-state index contributed by atoms with van der Waals surface area (Å²) in [7, 11) is 0. The van der Waals surface area contributed by atoms with E-state index in [1.807, 2.05) is 43.5 Å². The first-order valence-electron chi connectivity index (χ1n) is 16.0. The molecule has 0 unspecified atom stereocenters. The van der Waals surface area contributed by atoms with E-state index >= 15 is 0 Å². The molecule has 1 aromatic carbocycles. The Bertz CT molecular complexity index is 1670. The molecule has 1 amide bonds. The topological polar surface area (TPSA) is 126 Å². The molecule has 1 aliphatic carbocycles. The normalized spacial score (nSPS) is 19.4. The van der Waals surface area contributed by atoms with Crippen LogP contribution in [0.3, 0.4) is 0 Å². The molecule has 250 valence electrons. The van der Waals surface area contributed by atoms with Crippen molar-refractivity contribution in [2.24, 2.45) is 0 Å². The number of hydrogen-bond donors (Lipinski definition) is 3. The zero-order valence-electron chi connectivity index (χ0n) is 26.8. The second-order valence-corrected chi connectivity index (χ2v) is 12.8. The number of aromatic nitrogens is 6. The number of amides is 1. The fourth-order valence-corrected chi connectivity index (χ4v) is 6.08. The van der Waals surface area contributed by atoms with E-state index in [-0.39, 0.29) is 24.3 Å². The van der Waals surface area contributed by atoms with Crippen LogP contribution in [0.1, 0.15) is 67.1 Å². The van der Waals surface area contributed by atoms with Gasteiger partial charge in [0.1, 0.15) is 17.3 Å². The highest BCUT2D eigenvalue weighted by molar-refractivity contribution is 5.93. The maximum atomic E-state index is 13.3. The largest absolute Gasteiger partial charge is 0.474 e. The van der Waals surface area contributed by atoms with E-state index in [2.05, 4.69) is 40.8 Å². The Morgan fingerprint density at radius 1 is 1.04 bits per heavy atom. The molecule has 11 nitrogen and oxygen atoms in total. The van der Waals surface area contributed by atoms with Crippen molar-refractivity contribution in [1.29, 1.82) is 0 Å². The molecule has 0 atom stereocenters. The van der Waals surface area contributed by atoms with Crippen LogP contribution in [0, 0.1) is 6.92 Å². The number of pyridine rings is 1. The molecule has 14 heteroatoms. The Balaban J connectivity index is 1.02. The average molecular weight is 652 g/mol. The fourth-order valence-electron chi connectivity index (χ4n) is 6.08. The van der Waals surface area contributed by atoms with Gasteiger partial charge in [-0.15, -0.1) is 0 Å². The monoisotopic (exact) mass is 651 g/mol. The fraction of sp³-hybridized carbons (Fsp3) is 0.485. The van der Waals surface area contributed by atoms with Crippen LogP contribution in [0.25, 0.3) is 16.8 Å². The number of nitrogens with one attached hydrogen (secondary N) is 3. The highest BCUT2D eigenvalue weighted by Crippen LogP contribution is 2.38. The van der Waals surface area contributed by atoms with E-state index in [1.165, 1.54) is 6.20 Å². The van der Waals surface area contributed by atoms with Crippen molar-refractivity contribution in [3.63, 3.8) is 0 Å². The molecule has 0 bridgehead atoms. The number of hydrogen-bond acceptors (Lipinski definition) is 8. The Morgan fingerprint density at radius 2 is 1.79 bits per heavy atom. The number of H-pyrrole nitrogens is 1. The lowest BCUT2D eigenvalue weighted by molar-refractivity contribution is -0.182. The van der Waals surface area contributed by atoms with Crippen LogP contribution < -0.4 is 15.4 Å². The van der Waals surface area contributed by atoms with E-state index < -0.39 is 17.5 Å². The lowest BCUT2D eigenvalue weighted by atomic mass is 9.91. The Kier molecular flexibility index (Phi) is 9.33. The third-order valence-electron chi connectivity index (χ3n) is 9.17. The number of rotatable bonds is 9. The van der Waals surface area contributed by atoms with Gasteiger partial charge in [-0.05, 0) is 75.8 Å². The van der Waals surface area contributed by atoms with Crippen molar-refractivity contribution >= 4 is 5.91 Å². The van der Waals surface area contributed by atoms with Crippen molar-refractivity contribution in [2.75, 3.05) is 26.2 Å². The van der Waals surface area contributed by atoms with Gasteiger partial charge in [-0.1, -0.05) is 6.07 Å². The smallest absolute Gasteiger partial charge is 0.401 e. The first-order valence-corrected chi connectivity index (χ1v) is 16.0. The number of benzene rings is 1. The van der Waals surface area contributed by atoms with Gasteiger partial charge in [0.15, 0.2) is 5.82 Å². The molecule has 3 aromatic heterocycles. The van der Waals surface area contributed by atoms with Crippen LogP contribution in [-0.2, 0) is 12.0 Å². The Hall–Kier alpha value is -4.30. The summed E-state index contributed by atoms with van der Waals surface area (Å²) in [5.41, 5.74) is 1.77. The van der Waals surface area contributed by atoms with Gasteiger partial charge in [-0.2, -0.15) is 23.4 Å². The maximum Gasteiger partial charge on any atom is 0.401 e. The minimum absolute atomic E-state index is 0.117. The summed E-state index contributed by atoms with van der Waals surface area (Å²) in [6.07, 6.45) is 4.95. The summed E-state index contributed by atoms with van der Waals surface area (Å²) in [4.78, 5) is 23.9. The number of aryl methyl sites for hydroxylation is 1. The highest BCUT2D eigenvalue weighted by atomic mass is 19.4. The number of halogens is 3. The van der Waals surface area contributed by atoms with Crippen LogP contribution >= 0.6 is 0 Å². The van der Waals surface area contributed by atoms with Crippen molar-refractivity contribution in [3.8, 4) is 22.7 Å². The SMILES string of the molecule is Cc1cc(-c2ccc(OC3CCC(N4CCNCC4)CC3)nc2)ccc1-n1cc(C(=O)NCc2nc(C(C)(C)C(F)(F)F)n[nH]2)cn1. The van der Waals surface area contributed by atoms with E-state index in [0.29, 0.717) is 17.5 Å². The third-order valence-corrected chi connectivity index (χ3v) is 9.17. The third kappa shape index (κ3) is 7.33. The van der Waals surface area contributed by atoms with E-state index in [0.717, 1.165) is 88.1 Å². The minimum Gasteiger partial charge on any atom is -0.474 e. The van der Waals surface area contributed by atoms with E-state index in [1.54, 1.807) is 10.9 Å². The number of carbonyl (C=O) groups is 1. The molecular weight excluding hydrogens is 611 g/mol. The first kappa shape index (κ1) is 32.6. The number of aromatic amines is 1. The molecule has 1 aliphatic heterocycles. The van der Waals surface area contributed by atoms with Gasteiger partial charge in [0, 0.05) is 56.2 Å². The number of nitrogens with zero attached hydrogens (tertiary/aromatic N) is 6. The second-order valence-electron chi connectivity index (χ2n) is 12.8. The molecule has 2 fully saturated rings. The number of piperazine rings is 1. The molecule has 47 heavy (non-hydrogen) atoms. The van der Waals surface area contributed by atoms with Crippen LogP contribution in [0.4, 0.5) is 13.2 Å². The molecule has 4 heterocycles. The molecule has 0 spiro atoms. The summed E-state index contributed by atoms with van der Waals surface area (Å²) in [5, 5.41) is 16.6. The summed E-state index contributed by atoms with van der Waals surface area (Å²) in [6.45, 7) is 8.27. The predicted molar refractivity (Wildman–Crippen MR) is 169 cm³/mol.